The molecule has 1 saturated heterocycles. The number of hydrogen-bond donors (Lipinski definition) is 2. The summed E-state index contributed by atoms with van der Waals surface area (Å²) in [6.07, 6.45) is 0. The molecule has 5 amide bonds. The van der Waals surface area contributed by atoms with Crippen molar-refractivity contribution in [3.63, 3.8) is 0 Å². The monoisotopic (exact) mass is 310 g/mol. The summed E-state index contributed by atoms with van der Waals surface area (Å²) in [4.78, 5) is 47.4. The van der Waals surface area contributed by atoms with Crippen molar-refractivity contribution >= 4 is 46.7 Å². The highest BCUT2D eigenvalue weighted by atomic mass is 35.5. The molecule has 9 heteroatoms. The van der Waals surface area contributed by atoms with Crippen LogP contribution < -0.4 is 11.1 Å². The minimum absolute atomic E-state index is 0.276. The van der Waals surface area contributed by atoms with E-state index in [-0.39, 0.29) is 5.69 Å². The Morgan fingerprint density at radius 2 is 1.95 bits per heavy atom. The van der Waals surface area contributed by atoms with Gasteiger partial charge in [0.1, 0.15) is 6.54 Å². The van der Waals surface area contributed by atoms with Gasteiger partial charge in [-0.25, -0.2) is 9.69 Å². The zero-order valence-electron chi connectivity index (χ0n) is 10.9. The first kappa shape index (κ1) is 14.8. The maximum Gasteiger partial charge on any atom is 0.334 e. The largest absolute Gasteiger partial charge is 0.397 e. The van der Waals surface area contributed by atoms with Gasteiger partial charge in [0.05, 0.1) is 10.7 Å². The number of benzene rings is 1. The van der Waals surface area contributed by atoms with Gasteiger partial charge >= 0.3 is 17.8 Å². The fourth-order valence-electron chi connectivity index (χ4n) is 1.72. The zero-order valence-corrected chi connectivity index (χ0v) is 11.7. The van der Waals surface area contributed by atoms with E-state index in [0.717, 1.165) is 0 Å². The van der Waals surface area contributed by atoms with Crippen molar-refractivity contribution in [3.05, 3.63) is 23.2 Å². The molecule has 0 aliphatic carbocycles. The molecule has 2 rings (SSSR count). The molecule has 0 spiro atoms. The lowest BCUT2D eigenvalue weighted by molar-refractivity contribution is -0.143. The number of rotatable bonds is 3. The minimum atomic E-state index is -1.03. The molecule has 1 heterocycles. The van der Waals surface area contributed by atoms with Gasteiger partial charge < -0.3 is 11.1 Å². The maximum absolute atomic E-state index is 11.8. The van der Waals surface area contributed by atoms with Crippen molar-refractivity contribution < 1.29 is 19.2 Å². The number of imide groups is 2. The number of nitrogens with two attached hydrogens (primary N) is 1. The number of hydrogen-bond acceptors (Lipinski definition) is 5. The molecule has 8 nitrogen and oxygen atoms in total. The number of amides is 5. The molecule has 1 aliphatic heterocycles. The van der Waals surface area contributed by atoms with Crippen molar-refractivity contribution in [3.8, 4) is 0 Å². The van der Waals surface area contributed by atoms with E-state index >= 15 is 0 Å². The van der Waals surface area contributed by atoms with E-state index in [4.69, 9.17) is 17.3 Å². The number of nitrogen functional groups attached to an aromatic ring is 1. The number of urea groups is 1. The van der Waals surface area contributed by atoms with Crippen LogP contribution in [0.4, 0.5) is 16.2 Å². The second kappa shape index (κ2) is 5.41. The van der Waals surface area contributed by atoms with Crippen molar-refractivity contribution in [1.29, 1.82) is 0 Å². The van der Waals surface area contributed by atoms with E-state index in [1.165, 1.54) is 25.2 Å². The summed E-state index contributed by atoms with van der Waals surface area (Å²) < 4.78 is 0. The average molecular weight is 311 g/mol. The Bertz CT molecular complexity index is 661. The molecule has 3 N–H and O–H groups in total. The summed E-state index contributed by atoms with van der Waals surface area (Å²) in [5, 5.41) is 2.79. The fourth-order valence-corrected chi connectivity index (χ4v) is 1.84. The van der Waals surface area contributed by atoms with Crippen LogP contribution in [0.15, 0.2) is 18.2 Å². The molecule has 1 aromatic rings. The predicted octanol–water partition coefficient (Wildman–Crippen LogP) is 0.281. The predicted molar refractivity (Wildman–Crippen MR) is 74.4 cm³/mol. The van der Waals surface area contributed by atoms with Crippen LogP contribution in [-0.4, -0.2) is 47.1 Å². The second-order valence-electron chi connectivity index (χ2n) is 4.32. The highest BCUT2D eigenvalue weighted by molar-refractivity contribution is 6.45. The third-order valence-corrected chi connectivity index (χ3v) is 3.18. The Hall–Kier alpha value is -2.61. The molecule has 1 fully saturated rings. The first-order chi connectivity index (χ1) is 9.81. The molecule has 21 heavy (non-hydrogen) atoms. The number of nitrogens with zero attached hydrogens (tertiary/aromatic N) is 2. The van der Waals surface area contributed by atoms with Gasteiger partial charge in [-0.05, 0) is 18.2 Å². The molecule has 1 aliphatic rings. The number of likely N-dealkylation sites (N-methyl/N-ethyl adjacent to an activating group) is 1. The van der Waals surface area contributed by atoms with Crippen LogP contribution in [0.1, 0.15) is 0 Å². The molecule has 0 atom stereocenters. The van der Waals surface area contributed by atoms with Crippen LogP contribution in [0.2, 0.25) is 5.02 Å². The van der Waals surface area contributed by atoms with E-state index < -0.39 is 30.3 Å². The summed E-state index contributed by atoms with van der Waals surface area (Å²) >= 11 is 5.75. The summed E-state index contributed by atoms with van der Waals surface area (Å²) in [5.74, 6) is -2.64. The second-order valence-corrected chi connectivity index (χ2v) is 4.73. The quantitative estimate of drug-likeness (QED) is 0.473. The highest BCUT2D eigenvalue weighted by Gasteiger charge is 2.42. The van der Waals surface area contributed by atoms with E-state index in [1.54, 1.807) is 0 Å². The summed E-state index contributed by atoms with van der Waals surface area (Å²) in [7, 11) is 1.17. The molecular weight excluding hydrogens is 300 g/mol. The first-order valence-corrected chi connectivity index (χ1v) is 6.17. The topological polar surface area (TPSA) is 113 Å². The summed E-state index contributed by atoms with van der Waals surface area (Å²) in [6, 6.07) is 3.61. The number of halogens is 1. The van der Waals surface area contributed by atoms with Crippen LogP contribution in [0.3, 0.4) is 0 Å². The van der Waals surface area contributed by atoms with Gasteiger partial charge in [0.2, 0.25) is 5.91 Å². The fraction of sp³-hybridized carbons (Fsp3) is 0.167. The van der Waals surface area contributed by atoms with E-state index in [2.05, 4.69) is 5.32 Å². The molecular formula is C12H11ClN4O4. The molecule has 0 saturated carbocycles. The maximum atomic E-state index is 11.8. The Morgan fingerprint density at radius 3 is 2.48 bits per heavy atom. The van der Waals surface area contributed by atoms with Gasteiger partial charge in [-0.1, -0.05) is 11.6 Å². The standard InChI is InChI=1S/C12H11ClN4O4/c1-16-10(19)11(20)17(12(16)21)5-9(18)15-6-2-3-7(13)8(14)4-6/h2-4H,5,14H2,1H3,(H,15,18). The Balaban J connectivity index is 2.05. The van der Waals surface area contributed by atoms with Crippen LogP contribution in [0, 0.1) is 0 Å². The van der Waals surface area contributed by atoms with Crippen molar-refractivity contribution in [2.45, 2.75) is 0 Å². The lowest BCUT2D eigenvalue weighted by Crippen LogP contribution is -2.38. The van der Waals surface area contributed by atoms with Crippen LogP contribution in [0.5, 0.6) is 0 Å². The lowest BCUT2D eigenvalue weighted by atomic mass is 10.3. The van der Waals surface area contributed by atoms with E-state index in [9.17, 15) is 19.2 Å². The van der Waals surface area contributed by atoms with E-state index in [0.29, 0.717) is 20.5 Å². The molecule has 0 aromatic heterocycles. The lowest BCUT2D eigenvalue weighted by Gasteiger charge is -2.13. The third-order valence-electron chi connectivity index (χ3n) is 2.83. The van der Waals surface area contributed by atoms with Gasteiger partial charge in [-0.3, -0.25) is 19.3 Å². The number of carbonyl (C=O) groups is 4. The molecule has 0 radical (unpaired) electrons. The Morgan fingerprint density at radius 1 is 1.29 bits per heavy atom. The highest BCUT2D eigenvalue weighted by Crippen LogP contribution is 2.22. The van der Waals surface area contributed by atoms with Gasteiger partial charge in [0.15, 0.2) is 0 Å². The van der Waals surface area contributed by atoms with Crippen LogP contribution in [-0.2, 0) is 14.4 Å². The molecule has 0 bridgehead atoms. The van der Waals surface area contributed by atoms with Crippen LogP contribution >= 0.6 is 11.6 Å². The zero-order chi connectivity index (χ0) is 15.7. The van der Waals surface area contributed by atoms with Crippen molar-refractivity contribution in [2.75, 3.05) is 24.6 Å². The van der Waals surface area contributed by atoms with Crippen LogP contribution in [0.25, 0.3) is 0 Å². The molecule has 1 aromatic carbocycles. The summed E-state index contributed by atoms with van der Waals surface area (Å²) in [6.45, 7) is -0.559. The van der Waals surface area contributed by atoms with Crippen molar-refractivity contribution in [1.82, 2.24) is 9.80 Å². The number of carbonyl (C=O) groups excluding carboxylic acids is 4. The van der Waals surface area contributed by atoms with Gasteiger partial charge in [0.25, 0.3) is 0 Å². The SMILES string of the molecule is CN1C(=O)C(=O)N(CC(=O)Nc2ccc(Cl)c(N)c2)C1=O. The van der Waals surface area contributed by atoms with Gasteiger partial charge in [-0.2, -0.15) is 0 Å². The molecule has 0 unspecified atom stereocenters. The summed E-state index contributed by atoms with van der Waals surface area (Å²) in [5.41, 5.74) is 6.22. The average Bonchev–Trinajstić information content (AvgIpc) is 2.61. The number of nitrogens with one attached hydrogen (secondary N) is 1. The van der Waals surface area contributed by atoms with Gasteiger partial charge in [-0.15, -0.1) is 0 Å². The minimum Gasteiger partial charge on any atom is -0.397 e. The van der Waals surface area contributed by atoms with Crippen molar-refractivity contribution in [2.24, 2.45) is 0 Å². The Labute approximate surface area is 124 Å². The molecule has 110 valence electrons. The first-order valence-electron chi connectivity index (χ1n) is 5.79. The van der Waals surface area contributed by atoms with Gasteiger partial charge in [0, 0.05) is 12.7 Å². The Kier molecular flexibility index (Phi) is 3.81. The smallest absolute Gasteiger partial charge is 0.334 e. The normalized spacial score (nSPS) is 14.9. The number of anilines is 2. The van der Waals surface area contributed by atoms with E-state index in [1.807, 2.05) is 0 Å². The third kappa shape index (κ3) is 2.79.